The molecule has 2 aromatic heterocycles. The molecule has 2 heterocycles. The minimum atomic E-state index is -4.35. The van der Waals surface area contributed by atoms with Gasteiger partial charge in [0.15, 0.2) is 12.6 Å². The van der Waals surface area contributed by atoms with Crippen LogP contribution in [-0.2, 0) is 13.1 Å². The van der Waals surface area contributed by atoms with Gasteiger partial charge in [-0.25, -0.2) is 9.97 Å². The summed E-state index contributed by atoms with van der Waals surface area (Å²) in [6, 6.07) is 10.3. The number of benzene rings is 1. The second-order valence-electron chi connectivity index (χ2n) is 6.32. The molecule has 0 saturated heterocycles. The van der Waals surface area contributed by atoms with Gasteiger partial charge in [-0.1, -0.05) is 18.2 Å². The van der Waals surface area contributed by atoms with E-state index in [-0.39, 0.29) is 5.75 Å². The van der Waals surface area contributed by atoms with Gasteiger partial charge >= 0.3 is 6.18 Å². The van der Waals surface area contributed by atoms with Crippen LogP contribution in [0, 0.1) is 0 Å². The van der Waals surface area contributed by atoms with Crippen molar-refractivity contribution in [3.05, 3.63) is 72.4 Å². The average Bonchev–Trinajstić information content (AvgIpc) is 3.28. The molecule has 3 rings (SSSR count). The summed E-state index contributed by atoms with van der Waals surface area (Å²) in [6.07, 6.45) is 2.61. The Morgan fingerprint density at radius 1 is 1.07 bits per heavy atom. The first-order valence-electron chi connectivity index (χ1n) is 9.09. The number of hydrogen-bond donors (Lipinski definition) is 2. The molecule has 0 saturated carbocycles. The molecular formula is C20H21F3N6O. The van der Waals surface area contributed by atoms with E-state index in [4.69, 9.17) is 4.74 Å². The molecule has 0 aliphatic rings. The van der Waals surface area contributed by atoms with Crippen LogP contribution in [0.1, 0.15) is 11.1 Å². The van der Waals surface area contributed by atoms with Gasteiger partial charge in [0.25, 0.3) is 0 Å². The first kappa shape index (κ1) is 21.2. The van der Waals surface area contributed by atoms with Crippen molar-refractivity contribution in [1.82, 2.24) is 25.2 Å². The fourth-order valence-electron chi connectivity index (χ4n) is 2.53. The number of guanidine groups is 1. The lowest BCUT2D eigenvalue weighted by Crippen LogP contribution is -2.36. The van der Waals surface area contributed by atoms with E-state index >= 15 is 0 Å². The lowest BCUT2D eigenvalue weighted by Gasteiger charge is -2.13. The Labute approximate surface area is 171 Å². The van der Waals surface area contributed by atoms with Crippen LogP contribution in [0.25, 0.3) is 5.82 Å². The van der Waals surface area contributed by atoms with Crippen molar-refractivity contribution >= 4 is 5.96 Å². The van der Waals surface area contributed by atoms with Gasteiger partial charge in [-0.2, -0.15) is 13.2 Å². The van der Waals surface area contributed by atoms with Crippen molar-refractivity contribution in [3.8, 4) is 11.6 Å². The maximum Gasteiger partial charge on any atom is 0.422 e. The van der Waals surface area contributed by atoms with E-state index in [0.717, 1.165) is 16.9 Å². The molecule has 0 aliphatic carbocycles. The minimum absolute atomic E-state index is 0.172. The van der Waals surface area contributed by atoms with Crippen LogP contribution in [0.5, 0.6) is 5.75 Å². The molecule has 0 aliphatic heterocycles. The summed E-state index contributed by atoms with van der Waals surface area (Å²) >= 11 is 0. The van der Waals surface area contributed by atoms with Gasteiger partial charge in [0, 0.05) is 38.7 Å². The first-order chi connectivity index (χ1) is 14.4. The van der Waals surface area contributed by atoms with E-state index in [0.29, 0.717) is 19.0 Å². The van der Waals surface area contributed by atoms with Crippen molar-refractivity contribution in [3.63, 3.8) is 0 Å². The van der Waals surface area contributed by atoms with E-state index < -0.39 is 12.8 Å². The Hall–Kier alpha value is -3.56. The lowest BCUT2D eigenvalue weighted by atomic mass is 10.2. The Morgan fingerprint density at radius 2 is 1.77 bits per heavy atom. The van der Waals surface area contributed by atoms with Gasteiger partial charge in [0.2, 0.25) is 0 Å². The standard InChI is InChI=1S/C20H21F3N6O/c1-24-19(27-10-15-2-5-17(6-3-15)30-13-20(21,22)23)28-12-16-4-7-18(26-11-16)29-9-8-25-14-29/h2-9,11,14H,10,12-13H2,1H3,(H2,24,27,28). The number of pyridine rings is 1. The maximum atomic E-state index is 12.2. The molecule has 7 nitrogen and oxygen atoms in total. The van der Waals surface area contributed by atoms with Crippen molar-refractivity contribution in [2.75, 3.05) is 13.7 Å². The summed E-state index contributed by atoms with van der Waals surface area (Å²) in [4.78, 5) is 12.6. The Kier molecular flexibility index (Phi) is 6.89. The number of aromatic nitrogens is 3. The highest BCUT2D eigenvalue weighted by Crippen LogP contribution is 2.18. The minimum Gasteiger partial charge on any atom is -0.484 e. The number of imidazole rings is 1. The maximum absolute atomic E-state index is 12.2. The van der Waals surface area contributed by atoms with Crippen LogP contribution in [0.2, 0.25) is 0 Å². The normalized spacial score (nSPS) is 11.9. The van der Waals surface area contributed by atoms with Gasteiger partial charge < -0.3 is 15.4 Å². The van der Waals surface area contributed by atoms with Crippen molar-refractivity contribution in [2.24, 2.45) is 4.99 Å². The Balaban J connectivity index is 1.45. The number of halogens is 3. The second kappa shape index (κ2) is 9.77. The van der Waals surface area contributed by atoms with Crippen molar-refractivity contribution in [1.29, 1.82) is 0 Å². The van der Waals surface area contributed by atoms with Gasteiger partial charge in [0.05, 0.1) is 0 Å². The molecule has 0 radical (unpaired) electrons. The monoisotopic (exact) mass is 418 g/mol. The molecule has 0 fully saturated rings. The van der Waals surface area contributed by atoms with Crippen LogP contribution in [0.15, 0.2) is 66.3 Å². The number of hydrogen-bond acceptors (Lipinski definition) is 4. The van der Waals surface area contributed by atoms with Crippen LogP contribution in [0.3, 0.4) is 0 Å². The van der Waals surface area contributed by atoms with Gasteiger partial charge in [-0.3, -0.25) is 9.56 Å². The smallest absolute Gasteiger partial charge is 0.422 e. The zero-order chi connectivity index (χ0) is 21.4. The zero-order valence-corrected chi connectivity index (χ0v) is 16.2. The highest BCUT2D eigenvalue weighted by atomic mass is 19.4. The fourth-order valence-corrected chi connectivity index (χ4v) is 2.53. The van der Waals surface area contributed by atoms with Gasteiger partial charge in [0.1, 0.15) is 17.9 Å². The predicted octanol–water partition coefficient (Wildman–Crippen LogP) is 3.07. The Morgan fingerprint density at radius 3 is 2.33 bits per heavy atom. The molecule has 1 aromatic carbocycles. The topological polar surface area (TPSA) is 76.4 Å². The number of alkyl halides is 3. The Bertz CT molecular complexity index is 938. The molecule has 10 heteroatoms. The van der Waals surface area contributed by atoms with E-state index in [1.54, 1.807) is 37.9 Å². The molecule has 3 aromatic rings. The molecular weight excluding hydrogens is 397 g/mol. The molecule has 0 spiro atoms. The van der Waals surface area contributed by atoms with E-state index in [1.807, 2.05) is 22.9 Å². The molecule has 30 heavy (non-hydrogen) atoms. The fraction of sp³-hybridized carbons (Fsp3) is 0.250. The molecule has 0 unspecified atom stereocenters. The second-order valence-corrected chi connectivity index (χ2v) is 6.32. The molecule has 2 N–H and O–H groups in total. The van der Waals surface area contributed by atoms with E-state index in [9.17, 15) is 13.2 Å². The lowest BCUT2D eigenvalue weighted by molar-refractivity contribution is -0.153. The van der Waals surface area contributed by atoms with Crippen LogP contribution in [-0.4, -0.2) is 40.3 Å². The number of ether oxygens (including phenoxy) is 1. The number of aliphatic imine (C=N–C) groups is 1. The zero-order valence-electron chi connectivity index (χ0n) is 16.2. The summed E-state index contributed by atoms with van der Waals surface area (Å²) in [6.45, 7) is -0.322. The summed E-state index contributed by atoms with van der Waals surface area (Å²) in [5.41, 5.74) is 1.86. The molecule has 0 atom stereocenters. The third-order valence-electron chi connectivity index (χ3n) is 4.05. The largest absolute Gasteiger partial charge is 0.484 e. The third-order valence-corrected chi connectivity index (χ3v) is 4.05. The summed E-state index contributed by atoms with van der Waals surface area (Å²) in [7, 11) is 1.66. The molecule has 0 bridgehead atoms. The van der Waals surface area contributed by atoms with Gasteiger partial charge in [-0.15, -0.1) is 0 Å². The summed E-state index contributed by atoms with van der Waals surface area (Å²) in [5, 5.41) is 6.34. The van der Waals surface area contributed by atoms with E-state index in [2.05, 4.69) is 25.6 Å². The van der Waals surface area contributed by atoms with Crippen LogP contribution >= 0.6 is 0 Å². The molecule has 158 valence electrons. The van der Waals surface area contributed by atoms with Gasteiger partial charge in [-0.05, 0) is 29.3 Å². The third kappa shape index (κ3) is 6.50. The highest BCUT2D eigenvalue weighted by Gasteiger charge is 2.28. The quantitative estimate of drug-likeness (QED) is 0.456. The SMILES string of the molecule is CN=C(NCc1ccc(OCC(F)(F)F)cc1)NCc1ccc(-n2ccnc2)nc1. The predicted molar refractivity (Wildman–Crippen MR) is 106 cm³/mol. The van der Waals surface area contributed by atoms with Crippen molar-refractivity contribution < 1.29 is 17.9 Å². The highest BCUT2D eigenvalue weighted by molar-refractivity contribution is 5.79. The summed E-state index contributed by atoms with van der Waals surface area (Å²) in [5.74, 6) is 1.54. The molecule has 0 amide bonds. The summed E-state index contributed by atoms with van der Waals surface area (Å²) < 4.78 is 43.1. The van der Waals surface area contributed by atoms with E-state index in [1.165, 1.54) is 12.1 Å². The van der Waals surface area contributed by atoms with Crippen LogP contribution in [0.4, 0.5) is 13.2 Å². The van der Waals surface area contributed by atoms with Crippen LogP contribution < -0.4 is 15.4 Å². The number of rotatable bonds is 7. The van der Waals surface area contributed by atoms with Crippen molar-refractivity contribution in [2.45, 2.75) is 19.3 Å². The number of nitrogens with one attached hydrogen (secondary N) is 2. The first-order valence-corrected chi connectivity index (χ1v) is 9.09. The average molecular weight is 418 g/mol. The number of nitrogens with zero attached hydrogens (tertiary/aromatic N) is 4.